The van der Waals surface area contributed by atoms with Crippen molar-refractivity contribution < 1.29 is 14.7 Å². The molecule has 1 aromatic carbocycles. The zero-order valence-corrected chi connectivity index (χ0v) is 13.4. The highest BCUT2D eigenvalue weighted by molar-refractivity contribution is 7.00. The fourth-order valence-corrected chi connectivity index (χ4v) is 3.48. The van der Waals surface area contributed by atoms with E-state index in [0.29, 0.717) is 29.7 Å². The second kappa shape index (κ2) is 7.01. The van der Waals surface area contributed by atoms with Gasteiger partial charge in [-0.1, -0.05) is 6.07 Å². The highest BCUT2D eigenvalue weighted by Crippen LogP contribution is 2.23. The number of aliphatic hydroxyl groups excluding tert-OH is 1. The summed E-state index contributed by atoms with van der Waals surface area (Å²) in [6.45, 7) is 0.569. The average molecular weight is 334 g/mol. The minimum absolute atomic E-state index is 0.0138. The van der Waals surface area contributed by atoms with E-state index < -0.39 is 11.8 Å². The average Bonchev–Trinajstić information content (AvgIpc) is 3.05. The van der Waals surface area contributed by atoms with E-state index >= 15 is 0 Å². The Balaban J connectivity index is 1.74. The number of anilines is 1. The lowest BCUT2D eigenvalue weighted by atomic mass is 9.99. The van der Waals surface area contributed by atoms with Crippen molar-refractivity contribution >= 4 is 40.3 Å². The molecule has 0 aliphatic carbocycles. The number of amides is 2. The minimum atomic E-state index is -0.671. The van der Waals surface area contributed by atoms with Crippen LogP contribution in [-0.4, -0.2) is 49.8 Å². The summed E-state index contributed by atoms with van der Waals surface area (Å²) in [5.74, 6) is -1.22. The third-order valence-corrected chi connectivity index (χ3v) is 4.62. The van der Waals surface area contributed by atoms with E-state index in [1.54, 1.807) is 23.1 Å². The molecule has 0 unspecified atom stereocenters. The Morgan fingerprint density at radius 2 is 2.22 bits per heavy atom. The minimum Gasteiger partial charge on any atom is -0.396 e. The number of piperidine rings is 1. The van der Waals surface area contributed by atoms with E-state index in [1.165, 1.54) is 0 Å². The molecule has 1 aliphatic rings. The molecule has 23 heavy (non-hydrogen) atoms. The van der Waals surface area contributed by atoms with Crippen molar-refractivity contribution in [1.29, 1.82) is 0 Å². The third-order valence-electron chi connectivity index (χ3n) is 4.08. The molecule has 0 radical (unpaired) electrons. The summed E-state index contributed by atoms with van der Waals surface area (Å²) in [5.41, 5.74) is 1.77. The van der Waals surface area contributed by atoms with Gasteiger partial charge in [-0.3, -0.25) is 9.59 Å². The van der Waals surface area contributed by atoms with Gasteiger partial charge < -0.3 is 15.3 Å². The Morgan fingerprint density at radius 3 is 3.04 bits per heavy atom. The summed E-state index contributed by atoms with van der Waals surface area (Å²) in [4.78, 5) is 26.4. The van der Waals surface area contributed by atoms with E-state index in [0.717, 1.165) is 31.0 Å². The molecule has 8 heteroatoms. The molecule has 0 bridgehead atoms. The van der Waals surface area contributed by atoms with Crippen LogP contribution in [0.3, 0.4) is 0 Å². The maximum atomic E-state index is 12.5. The summed E-state index contributed by atoms with van der Waals surface area (Å²) in [6, 6.07) is 5.21. The molecule has 122 valence electrons. The predicted octanol–water partition coefficient (Wildman–Crippen LogP) is 1.39. The number of aromatic nitrogens is 2. The molecule has 1 atom stereocenters. The van der Waals surface area contributed by atoms with Gasteiger partial charge in [-0.15, -0.1) is 0 Å². The van der Waals surface area contributed by atoms with Gasteiger partial charge in [0.2, 0.25) is 0 Å². The van der Waals surface area contributed by atoms with Crippen LogP contribution in [0.5, 0.6) is 0 Å². The molecule has 1 fully saturated rings. The Kier molecular flexibility index (Phi) is 4.82. The highest BCUT2D eigenvalue weighted by Gasteiger charge is 2.30. The molecule has 7 nitrogen and oxygen atoms in total. The Hall–Kier alpha value is -2.06. The normalized spacial score (nSPS) is 18.1. The van der Waals surface area contributed by atoms with Gasteiger partial charge >= 0.3 is 11.8 Å². The summed E-state index contributed by atoms with van der Waals surface area (Å²) in [5, 5.41) is 11.8. The quantitative estimate of drug-likeness (QED) is 0.827. The SMILES string of the molecule is O=C(Nc1cccc2nsnc12)C(=O)N1CCCC[C@H]1CCO. The van der Waals surface area contributed by atoms with Crippen molar-refractivity contribution in [2.24, 2.45) is 0 Å². The Labute approximate surface area is 137 Å². The maximum absolute atomic E-state index is 12.5. The van der Waals surface area contributed by atoms with E-state index in [9.17, 15) is 9.59 Å². The van der Waals surface area contributed by atoms with Crippen molar-refractivity contribution in [2.45, 2.75) is 31.7 Å². The molecule has 1 saturated heterocycles. The van der Waals surface area contributed by atoms with Gasteiger partial charge in [0, 0.05) is 19.2 Å². The molecule has 1 aromatic heterocycles. The van der Waals surface area contributed by atoms with Crippen LogP contribution in [0.1, 0.15) is 25.7 Å². The number of carbonyl (C=O) groups is 2. The van der Waals surface area contributed by atoms with Crippen molar-refractivity contribution in [3.8, 4) is 0 Å². The summed E-state index contributed by atoms with van der Waals surface area (Å²) >= 11 is 1.06. The van der Waals surface area contributed by atoms with Gasteiger partial charge in [0.05, 0.1) is 17.4 Å². The monoisotopic (exact) mass is 334 g/mol. The number of fused-ring (bicyclic) bond motifs is 1. The summed E-state index contributed by atoms with van der Waals surface area (Å²) < 4.78 is 8.26. The molecule has 1 aliphatic heterocycles. The Morgan fingerprint density at radius 1 is 1.35 bits per heavy atom. The first-order chi connectivity index (χ1) is 11.2. The molecular formula is C15H18N4O3S. The topological polar surface area (TPSA) is 95.4 Å². The number of hydrogen-bond donors (Lipinski definition) is 2. The number of carbonyl (C=O) groups excluding carboxylic acids is 2. The number of likely N-dealkylation sites (tertiary alicyclic amines) is 1. The highest BCUT2D eigenvalue weighted by atomic mass is 32.1. The molecule has 0 spiro atoms. The number of rotatable bonds is 3. The molecule has 2 heterocycles. The van der Waals surface area contributed by atoms with Crippen molar-refractivity contribution in [1.82, 2.24) is 13.6 Å². The lowest BCUT2D eigenvalue weighted by Crippen LogP contribution is -2.48. The fourth-order valence-electron chi connectivity index (χ4n) is 2.93. The second-order valence-corrected chi connectivity index (χ2v) is 6.08. The summed E-state index contributed by atoms with van der Waals surface area (Å²) in [6.07, 6.45) is 3.22. The molecule has 3 rings (SSSR count). The van der Waals surface area contributed by atoms with E-state index in [4.69, 9.17) is 5.11 Å². The van der Waals surface area contributed by atoms with E-state index in [2.05, 4.69) is 14.1 Å². The number of aliphatic hydroxyl groups is 1. The number of benzene rings is 1. The smallest absolute Gasteiger partial charge is 0.313 e. The summed E-state index contributed by atoms with van der Waals surface area (Å²) in [7, 11) is 0. The lowest BCUT2D eigenvalue weighted by molar-refractivity contribution is -0.146. The lowest BCUT2D eigenvalue weighted by Gasteiger charge is -2.35. The molecule has 2 N–H and O–H groups in total. The fraction of sp³-hybridized carbons (Fsp3) is 0.467. The molecule has 2 aromatic rings. The van der Waals surface area contributed by atoms with Crippen LogP contribution in [0.4, 0.5) is 5.69 Å². The van der Waals surface area contributed by atoms with Gasteiger partial charge in [-0.2, -0.15) is 8.75 Å². The third kappa shape index (κ3) is 3.32. The Bertz CT molecular complexity index is 716. The van der Waals surface area contributed by atoms with Gasteiger partial charge in [0.15, 0.2) is 0 Å². The van der Waals surface area contributed by atoms with Gasteiger partial charge in [-0.05, 0) is 37.8 Å². The van der Waals surface area contributed by atoms with E-state index in [1.807, 2.05) is 0 Å². The molecule has 2 amide bonds. The number of nitrogens with one attached hydrogen (secondary N) is 1. The second-order valence-electron chi connectivity index (χ2n) is 5.55. The zero-order chi connectivity index (χ0) is 16.2. The van der Waals surface area contributed by atoms with Gasteiger partial charge in [0.25, 0.3) is 0 Å². The first-order valence-electron chi connectivity index (χ1n) is 7.65. The molecular weight excluding hydrogens is 316 g/mol. The van der Waals surface area contributed by atoms with Crippen LogP contribution in [0.25, 0.3) is 11.0 Å². The number of nitrogens with zero attached hydrogens (tertiary/aromatic N) is 3. The first-order valence-corrected chi connectivity index (χ1v) is 8.38. The van der Waals surface area contributed by atoms with Gasteiger partial charge in [-0.25, -0.2) is 0 Å². The van der Waals surface area contributed by atoms with Crippen LogP contribution < -0.4 is 5.32 Å². The van der Waals surface area contributed by atoms with Crippen LogP contribution in [0.15, 0.2) is 18.2 Å². The number of hydrogen-bond acceptors (Lipinski definition) is 6. The van der Waals surface area contributed by atoms with E-state index in [-0.39, 0.29) is 12.6 Å². The van der Waals surface area contributed by atoms with Crippen LogP contribution >= 0.6 is 11.7 Å². The van der Waals surface area contributed by atoms with Crippen molar-refractivity contribution in [3.05, 3.63) is 18.2 Å². The molecule has 0 saturated carbocycles. The maximum Gasteiger partial charge on any atom is 0.313 e. The van der Waals surface area contributed by atoms with Crippen molar-refractivity contribution in [3.63, 3.8) is 0 Å². The largest absolute Gasteiger partial charge is 0.396 e. The zero-order valence-electron chi connectivity index (χ0n) is 12.6. The standard InChI is InChI=1S/C15H18N4O3S/c20-9-7-10-4-1-2-8-19(10)15(22)14(21)16-11-5-3-6-12-13(11)18-23-17-12/h3,5-6,10,20H,1-2,4,7-9H2,(H,16,21)/t10-/m0/s1. The first kappa shape index (κ1) is 15.8. The van der Waals surface area contributed by atoms with Crippen molar-refractivity contribution in [2.75, 3.05) is 18.5 Å². The predicted molar refractivity (Wildman–Crippen MR) is 87.1 cm³/mol. The van der Waals surface area contributed by atoms with Crippen LogP contribution in [0, 0.1) is 0 Å². The van der Waals surface area contributed by atoms with Gasteiger partial charge in [0.1, 0.15) is 11.0 Å². The van der Waals surface area contributed by atoms with Crippen LogP contribution in [-0.2, 0) is 9.59 Å². The van der Waals surface area contributed by atoms with Crippen LogP contribution in [0.2, 0.25) is 0 Å².